The maximum atomic E-state index is 13.3. The van der Waals surface area contributed by atoms with Crippen LogP contribution in [-0.4, -0.2) is 43.8 Å². The number of piperidine rings is 1. The number of nitrogens with zero attached hydrogens (tertiary/aromatic N) is 5. The Bertz CT molecular complexity index is 1310. The van der Waals surface area contributed by atoms with Crippen molar-refractivity contribution in [1.29, 1.82) is 0 Å². The number of benzene rings is 2. The lowest BCUT2D eigenvalue weighted by molar-refractivity contribution is 0.0705. The lowest BCUT2D eigenvalue weighted by Crippen LogP contribution is -2.39. The zero-order valence-electron chi connectivity index (χ0n) is 19.4. The highest BCUT2D eigenvalue weighted by Gasteiger charge is 2.27. The number of aryl methyl sites for hydroxylation is 1. The van der Waals surface area contributed by atoms with E-state index in [9.17, 15) is 4.79 Å². The van der Waals surface area contributed by atoms with Crippen LogP contribution < -0.4 is 9.47 Å². The molecule has 0 bridgehead atoms. The Morgan fingerprint density at radius 3 is 2.71 bits per heavy atom. The highest BCUT2D eigenvalue weighted by Crippen LogP contribution is 2.29. The van der Waals surface area contributed by atoms with Crippen molar-refractivity contribution in [3.8, 4) is 23.4 Å². The maximum Gasteiger partial charge on any atom is 0.321 e. The van der Waals surface area contributed by atoms with E-state index in [-0.39, 0.29) is 17.8 Å². The molecule has 0 aliphatic carbocycles. The van der Waals surface area contributed by atoms with Gasteiger partial charge in [-0.2, -0.15) is 0 Å². The van der Waals surface area contributed by atoms with E-state index in [1.54, 1.807) is 55.1 Å². The summed E-state index contributed by atoms with van der Waals surface area (Å²) in [4.78, 5) is 32.4. The van der Waals surface area contributed by atoms with Crippen LogP contribution in [0.4, 0.5) is 0 Å². The van der Waals surface area contributed by atoms with Gasteiger partial charge in [0.2, 0.25) is 5.88 Å². The van der Waals surface area contributed by atoms with Crippen molar-refractivity contribution >= 4 is 5.91 Å². The number of rotatable bonds is 6. The first-order chi connectivity index (χ1) is 17.2. The van der Waals surface area contributed by atoms with Crippen LogP contribution in [-0.2, 0) is 0 Å². The Morgan fingerprint density at radius 2 is 1.86 bits per heavy atom. The van der Waals surface area contributed by atoms with Gasteiger partial charge in [-0.15, -0.1) is 0 Å². The number of ether oxygens (including phenoxy) is 2. The molecule has 0 spiro atoms. The second-order valence-electron chi connectivity index (χ2n) is 8.40. The van der Waals surface area contributed by atoms with Gasteiger partial charge in [-0.1, -0.05) is 24.3 Å². The zero-order chi connectivity index (χ0) is 24.0. The molecule has 4 aromatic rings. The smallest absolute Gasteiger partial charge is 0.321 e. The molecule has 3 heterocycles. The third-order valence-electron chi connectivity index (χ3n) is 5.90. The van der Waals surface area contributed by atoms with E-state index in [2.05, 4.69) is 15.0 Å². The molecule has 8 nitrogen and oxygen atoms in total. The van der Waals surface area contributed by atoms with E-state index < -0.39 is 0 Å². The molecular weight excluding hydrogens is 442 g/mol. The van der Waals surface area contributed by atoms with Crippen molar-refractivity contribution in [2.45, 2.75) is 25.7 Å². The van der Waals surface area contributed by atoms with Gasteiger partial charge in [0.1, 0.15) is 11.5 Å². The molecule has 1 atom stereocenters. The molecule has 5 rings (SSSR count). The van der Waals surface area contributed by atoms with Crippen molar-refractivity contribution in [3.05, 3.63) is 96.2 Å². The Labute approximate surface area is 203 Å². The van der Waals surface area contributed by atoms with E-state index in [1.807, 2.05) is 36.1 Å². The van der Waals surface area contributed by atoms with Crippen molar-refractivity contribution in [2.24, 2.45) is 0 Å². The average molecular weight is 468 g/mol. The van der Waals surface area contributed by atoms with E-state index in [0.29, 0.717) is 30.3 Å². The maximum absolute atomic E-state index is 13.3. The minimum Gasteiger partial charge on any atom is -0.437 e. The standard InChI is InChI=1S/C27H25N5O3/c1-19-7-2-3-11-24(19)35-25-17-28-16-23(31-25)21-9-5-14-32(18-21)26(33)20-8-4-10-22(15-20)34-27-29-12-6-13-30-27/h2-4,6-8,10-13,15-17,21H,5,9,14,18H2,1H3/t21-/m1/s1. The fourth-order valence-corrected chi connectivity index (χ4v) is 4.11. The van der Waals surface area contributed by atoms with Gasteiger partial charge in [0, 0.05) is 43.2 Å². The summed E-state index contributed by atoms with van der Waals surface area (Å²) in [6, 6.07) is 16.8. The predicted octanol–water partition coefficient (Wildman–Crippen LogP) is 5.18. The van der Waals surface area contributed by atoms with Gasteiger partial charge >= 0.3 is 6.01 Å². The topological polar surface area (TPSA) is 90.3 Å². The third kappa shape index (κ3) is 5.43. The summed E-state index contributed by atoms with van der Waals surface area (Å²) in [5, 5.41) is 0. The van der Waals surface area contributed by atoms with Crippen LogP contribution in [0.15, 0.2) is 79.4 Å². The molecule has 176 valence electrons. The predicted molar refractivity (Wildman–Crippen MR) is 130 cm³/mol. The van der Waals surface area contributed by atoms with Gasteiger partial charge in [0.15, 0.2) is 0 Å². The van der Waals surface area contributed by atoms with E-state index in [0.717, 1.165) is 29.8 Å². The summed E-state index contributed by atoms with van der Waals surface area (Å²) < 4.78 is 11.7. The first-order valence-electron chi connectivity index (χ1n) is 11.6. The molecule has 35 heavy (non-hydrogen) atoms. The van der Waals surface area contributed by atoms with Crippen LogP contribution in [0, 0.1) is 6.92 Å². The molecule has 0 saturated carbocycles. The molecule has 0 N–H and O–H groups in total. The zero-order valence-corrected chi connectivity index (χ0v) is 19.4. The Kier molecular flexibility index (Phi) is 6.61. The fourth-order valence-electron chi connectivity index (χ4n) is 4.11. The molecular formula is C27H25N5O3. The number of carbonyl (C=O) groups is 1. The lowest BCUT2D eigenvalue weighted by Gasteiger charge is -2.32. The highest BCUT2D eigenvalue weighted by atomic mass is 16.5. The normalized spacial score (nSPS) is 15.5. The van der Waals surface area contributed by atoms with Crippen molar-refractivity contribution in [3.63, 3.8) is 0 Å². The van der Waals surface area contributed by atoms with Gasteiger partial charge in [0.25, 0.3) is 5.91 Å². The van der Waals surface area contributed by atoms with Crippen LogP contribution in [0.5, 0.6) is 23.4 Å². The Morgan fingerprint density at radius 1 is 1.00 bits per heavy atom. The van der Waals surface area contributed by atoms with Crippen LogP contribution in [0.2, 0.25) is 0 Å². The molecule has 1 aliphatic heterocycles. The second-order valence-corrected chi connectivity index (χ2v) is 8.40. The number of hydrogen-bond acceptors (Lipinski definition) is 7. The van der Waals surface area contributed by atoms with Gasteiger partial charge in [-0.05, 0) is 55.7 Å². The summed E-state index contributed by atoms with van der Waals surface area (Å²) >= 11 is 0. The van der Waals surface area contributed by atoms with Crippen molar-refractivity contribution in [1.82, 2.24) is 24.8 Å². The van der Waals surface area contributed by atoms with Gasteiger partial charge in [0.05, 0.1) is 11.9 Å². The number of para-hydroxylation sites is 1. The largest absolute Gasteiger partial charge is 0.437 e. The van der Waals surface area contributed by atoms with Gasteiger partial charge in [-0.3, -0.25) is 9.78 Å². The van der Waals surface area contributed by atoms with Crippen molar-refractivity contribution < 1.29 is 14.3 Å². The molecule has 1 amide bonds. The fraction of sp³-hybridized carbons (Fsp3) is 0.222. The minimum atomic E-state index is -0.0468. The molecule has 2 aromatic carbocycles. The van der Waals surface area contributed by atoms with Crippen molar-refractivity contribution in [2.75, 3.05) is 13.1 Å². The lowest BCUT2D eigenvalue weighted by atomic mass is 9.94. The number of amides is 1. The number of aromatic nitrogens is 4. The molecule has 1 aliphatic rings. The van der Waals surface area contributed by atoms with E-state index >= 15 is 0 Å². The van der Waals surface area contributed by atoms with Gasteiger partial charge < -0.3 is 14.4 Å². The molecule has 2 aromatic heterocycles. The summed E-state index contributed by atoms with van der Waals surface area (Å²) in [6.45, 7) is 3.24. The van der Waals surface area contributed by atoms with Crippen LogP contribution in [0.25, 0.3) is 0 Å². The summed E-state index contributed by atoms with van der Waals surface area (Å²) in [7, 11) is 0. The summed E-state index contributed by atoms with van der Waals surface area (Å²) in [5.74, 6) is 1.75. The van der Waals surface area contributed by atoms with Crippen LogP contribution >= 0.6 is 0 Å². The van der Waals surface area contributed by atoms with Crippen LogP contribution in [0.3, 0.4) is 0 Å². The average Bonchev–Trinajstić information content (AvgIpc) is 2.91. The first kappa shape index (κ1) is 22.5. The summed E-state index contributed by atoms with van der Waals surface area (Å²) in [5.41, 5.74) is 2.41. The van der Waals surface area contributed by atoms with E-state index in [4.69, 9.17) is 14.5 Å². The first-order valence-corrected chi connectivity index (χ1v) is 11.6. The molecule has 1 fully saturated rings. The van der Waals surface area contributed by atoms with Crippen LogP contribution in [0.1, 0.15) is 40.4 Å². The number of likely N-dealkylation sites (tertiary alicyclic amines) is 1. The second kappa shape index (κ2) is 10.3. The molecule has 0 unspecified atom stereocenters. The minimum absolute atomic E-state index is 0.0468. The van der Waals surface area contributed by atoms with E-state index in [1.165, 1.54) is 0 Å². The SMILES string of the molecule is Cc1ccccc1Oc1cncc([C@@H]2CCCN(C(=O)c3cccc(Oc4ncccn4)c3)C2)n1. The molecule has 0 radical (unpaired) electrons. The number of hydrogen-bond donors (Lipinski definition) is 0. The number of carbonyl (C=O) groups excluding carboxylic acids is 1. The highest BCUT2D eigenvalue weighted by molar-refractivity contribution is 5.94. The summed E-state index contributed by atoms with van der Waals surface area (Å²) in [6.07, 6.45) is 8.40. The molecule has 1 saturated heterocycles. The Hall–Kier alpha value is -4.33. The quantitative estimate of drug-likeness (QED) is 0.386. The third-order valence-corrected chi connectivity index (χ3v) is 5.90. The molecule has 8 heteroatoms. The monoisotopic (exact) mass is 467 g/mol. The van der Waals surface area contributed by atoms with Gasteiger partial charge in [-0.25, -0.2) is 15.0 Å². The Balaban J connectivity index is 1.28.